The maximum Gasteiger partial charge on any atom is 0.410 e. The van der Waals surface area contributed by atoms with Crippen LogP contribution in [0.5, 0.6) is 0 Å². The number of aliphatic hydroxyl groups is 1. The zero-order valence-electron chi connectivity index (χ0n) is 19.4. The van der Waals surface area contributed by atoms with Gasteiger partial charge in [-0.25, -0.2) is 4.79 Å². The number of piperidine rings is 1. The third kappa shape index (κ3) is 3.70. The Morgan fingerprint density at radius 3 is 2.11 bits per heavy atom. The van der Waals surface area contributed by atoms with Gasteiger partial charge in [0.05, 0.1) is 30.9 Å². The third-order valence-electron chi connectivity index (χ3n) is 7.69. The van der Waals surface area contributed by atoms with E-state index in [1.807, 2.05) is 48.5 Å². The fraction of sp³-hybridized carbons (Fsp3) is 0.300. The van der Waals surface area contributed by atoms with Crippen molar-refractivity contribution in [3.63, 3.8) is 0 Å². The minimum atomic E-state index is -1.04. The highest BCUT2D eigenvalue weighted by Gasteiger charge is 2.49. The lowest BCUT2D eigenvalue weighted by molar-refractivity contribution is -0.136. The Morgan fingerprint density at radius 2 is 1.54 bits per heavy atom. The van der Waals surface area contributed by atoms with Crippen LogP contribution in [0.1, 0.15) is 41.0 Å². The van der Waals surface area contributed by atoms with Gasteiger partial charge in [-0.2, -0.15) is 0 Å². The Hall–Kier alpha value is -3.59. The summed E-state index contributed by atoms with van der Waals surface area (Å²) in [7, 11) is 0. The summed E-state index contributed by atoms with van der Waals surface area (Å²) in [6.45, 7) is 1.04. The number of terminal acetylenes is 1. The molecule has 2 saturated heterocycles. The molecule has 2 fully saturated rings. The van der Waals surface area contributed by atoms with E-state index in [-0.39, 0.29) is 30.7 Å². The number of rotatable bonds is 3. The summed E-state index contributed by atoms with van der Waals surface area (Å²) in [6, 6.07) is 23.6. The lowest BCUT2D eigenvalue weighted by atomic mass is 9.77. The molecule has 0 saturated carbocycles. The molecule has 1 N–H and O–H groups in total. The summed E-state index contributed by atoms with van der Waals surface area (Å²) in [5, 5.41) is 11.5. The van der Waals surface area contributed by atoms with Gasteiger partial charge in [-0.3, -0.25) is 4.90 Å². The number of carbonyl (C=O) groups is 1. The highest BCUT2D eigenvalue weighted by molar-refractivity contribution is 5.79. The smallest absolute Gasteiger partial charge is 0.410 e. The minimum Gasteiger partial charge on any atom is -0.448 e. The molecule has 0 aromatic heterocycles. The van der Waals surface area contributed by atoms with E-state index in [2.05, 4.69) is 30.2 Å². The van der Waals surface area contributed by atoms with Crippen molar-refractivity contribution in [1.82, 2.24) is 4.90 Å². The highest BCUT2D eigenvalue weighted by atomic mass is 16.6. The monoisotopic (exact) mass is 465 g/mol. The summed E-state index contributed by atoms with van der Waals surface area (Å²) in [6.07, 6.45) is 5.92. The molecule has 3 aromatic carbocycles. The maximum absolute atomic E-state index is 13.4. The molecular formula is C30H27NO4. The Morgan fingerprint density at radius 1 is 0.971 bits per heavy atom. The standard InChI is InChI=1S/C30H27NO4/c1-2-20-11-13-21(14-12-20)30(33)15-22-17-34-18-23(16-30)31(22)29(32)35-19-28-26-9-5-3-7-24(26)25-8-4-6-10-27(25)28/h1,3-14,22-23,28,33H,15-19H2. The first-order valence-electron chi connectivity index (χ1n) is 12.1. The second-order valence-electron chi connectivity index (χ2n) is 9.72. The lowest BCUT2D eigenvalue weighted by Gasteiger charge is -2.51. The SMILES string of the molecule is C#Cc1ccc(C2(O)CC3COCC(C2)N3C(=O)OCC2c3ccccc3-c3ccccc32)cc1. The molecule has 3 aromatic rings. The van der Waals surface area contributed by atoms with E-state index in [1.165, 1.54) is 22.3 Å². The van der Waals surface area contributed by atoms with Crippen molar-refractivity contribution >= 4 is 6.09 Å². The van der Waals surface area contributed by atoms with E-state index >= 15 is 0 Å². The van der Waals surface area contributed by atoms with Gasteiger partial charge in [-0.05, 0) is 39.9 Å². The molecule has 2 aliphatic heterocycles. The van der Waals surface area contributed by atoms with Crippen molar-refractivity contribution in [3.8, 4) is 23.5 Å². The summed E-state index contributed by atoms with van der Waals surface area (Å²) in [4.78, 5) is 15.2. The van der Waals surface area contributed by atoms with Crippen LogP contribution in [0, 0.1) is 12.3 Å². The van der Waals surface area contributed by atoms with Crippen molar-refractivity contribution in [2.45, 2.75) is 36.4 Å². The highest BCUT2D eigenvalue weighted by Crippen LogP contribution is 2.45. The van der Waals surface area contributed by atoms with Crippen LogP contribution in [0.15, 0.2) is 72.8 Å². The number of hydrogen-bond acceptors (Lipinski definition) is 4. The number of nitrogens with zero attached hydrogens (tertiary/aromatic N) is 1. The zero-order valence-corrected chi connectivity index (χ0v) is 19.4. The van der Waals surface area contributed by atoms with Crippen LogP contribution in [0.25, 0.3) is 11.1 Å². The first kappa shape index (κ1) is 21.9. The number of hydrogen-bond donors (Lipinski definition) is 1. The number of morpholine rings is 1. The van der Waals surface area contributed by atoms with Crippen molar-refractivity contribution in [2.24, 2.45) is 0 Å². The molecule has 35 heavy (non-hydrogen) atoms. The second kappa shape index (κ2) is 8.57. The summed E-state index contributed by atoms with van der Waals surface area (Å²) in [5.41, 5.74) is 5.34. The van der Waals surface area contributed by atoms with Gasteiger partial charge < -0.3 is 14.6 Å². The molecule has 6 rings (SSSR count). The molecule has 5 heteroatoms. The van der Waals surface area contributed by atoms with Crippen molar-refractivity contribution in [2.75, 3.05) is 19.8 Å². The van der Waals surface area contributed by atoms with E-state index in [9.17, 15) is 9.90 Å². The Bertz CT molecular complexity index is 1250. The fourth-order valence-corrected chi connectivity index (χ4v) is 6.06. The first-order chi connectivity index (χ1) is 17.1. The van der Waals surface area contributed by atoms with E-state index < -0.39 is 5.60 Å². The summed E-state index contributed by atoms with van der Waals surface area (Å²) >= 11 is 0. The van der Waals surface area contributed by atoms with Gasteiger partial charge in [0.2, 0.25) is 0 Å². The topological polar surface area (TPSA) is 59.0 Å². The van der Waals surface area contributed by atoms with Crippen molar-refractivity contribution in [3.05, 3.63) is 95.1 Å². The van der Waals surface area contributed by atoms with Crippen LogP contribution < -0.4 is 0 Å². The molecule has 0 radical (unpaired) electrons. The van der Waals surface area contributed by atoms with Crippen LogP contribution in [0.4, 0.5) is 4.79 Å². The molecule has 2 heterocycles. The van der Waals surface area contributed by atoms with Gasteiger partial charge in [0.25, 0.3) is 0 Å². The van der Waals surface area contributed by atoms with Crippen LogP contribution in [-0.4, -0.2) is 48.0 Å². The average molecular weight is 466 g/mol. The number of fused-ring (bicyclic) bond motifs is 5. The van der Waals surface area contributed by atoms with Gasteiger partial charge in [-0.1, -0.05) is 66.6 Å². The third-order valence-corrected chi connectivity index (χ3v) is 7.69. The normalized spacial score (nSPS) is 24.9. The molecule has 2 atom stereocenters. The largest absolute Gasteiger partial charge is 0.448 e. The van der Waals surface area contributed by atoms with Crippen LogP contribution in [0.3, 0.4) is 0 Å². The second-order valence-corrected chi connectivity index (χ2v) is 9.72. The van der Waals surface area contributed by atoms with Crippen molar-refractivity contribution < 1.29 is 19.4 Å². The molecule has 2 bridgehead atoms. The van der Waals surface area contributed by atoms with Gasteiger partial charge in [-0.15, -0.1) is 6.42 Å². The molecule has 1 aliphatic carbocycles. The Balaban J connectivity index is 1.20. The molecular weight excluding hydrogens is 438 g/mol. The first-order valence-corrected chi connectivity index (χ1v) is 12.1. The van der Waals surface area contributed by atoms with E-state index in [4.69, 9.17) is 15.9 Å². The molecule has 1 amide bonds. The van der Waals surface area contributed by atoms with Gasteiger partial charge in [0.15, 0.2) is 0 Å². The van der Waals surface area contributed by atoms with E-state index in [1.54, 1.807) is 4.90 Å². The number of amides is 1. The molecule has 0 spiro atoms. The van der Waals surface area contributed by atoms with Crippen molar-refractivity contribution in [1.29, 1.82) is 0 Å². The maximum atomic E-state index is 13.4. The molecule has 5 nitrogen and oxygen atoms in total. The number of benzene rings is 3. The van der Waals surface area contributed by atoms with Gasteiger partial charge in [0, 0.05) is 24.3 Å². The van der Waals surface area contributed by atoms with Crippen LogP contribution >= 0.6 is 0 Å². The fourth-order valence-electron chi connectivity index (χ4n) is 6.06. The molecule has 3 aliphatic rings. The number of carbonyl (C=O) groups excluding carboxylic acids is 1. The van der Waals surface area contributed by atoms with Crippen LogP contribution in [-0.2, 0) is 15.1 Å². The van der Waals surface area contributed by atoms with E-state index in [0.717, 1.165) is 11.1 Å². The van der Waals surface area contributed by atoms with Gasteiger partial charge in [0.1, 0.15) is 6.61 Å². The predicted molar refractivity (Wildman–Crippen MR) is 133 cm³/mol. The summed E-state index contributed by atoms with van der Waals surface area (Å²) in [5.74, 6) is 2.62. The van der Waals surface area contributed by atoms with Gasteiger partial charge >= 0.3 is 6.09 Å². The number of ether oxygens (including phenoxy) is 2. The minimum absolute atomic E-state index is 0.0128. The summed E-state index contributed by atoms with van der Waals surface area (Å²) < 4.78 is 11.7. The zero-order chi connectivity index (χ0) is 24.0. The lowest BCUT2D eigenvalue weighted by Crippen LogP contribution is -2.62. The Kier molecular flexibility index (Phi) is 5.36. The van der Waals surface area contributed by atoms with E-state index in [0.29, 0.717) is 26.1 Å². The molecule has 2 unspecified atom stereocenters. The quantitative estimate of drug-likeness (QED) is 0.572. The molecule has 176 valence electrons. The average Bonchev–Trinajstić information content (AvgIpc) is 3.20. The Labute approximate surface area is 205 Å². The van der Waals surface area contributed by atoms with Crippen LogP contribution in [0.2, 0.25) is 0 Å². The predicted octanol–water partition coefficient (Wildman–Crippen LogP) is 4.67.